The predicted molar refractivity (Wildman–Crippen MR) is 59.5 cm³/mol. The van der Waals surface area contributed by atoms with Crippen molar-refractivity contribution >= 4 is 10.1 Å². The lowest BCUT2D eigenvalue weighted by Crippen LogP contribution is -2.36. The van der Waals surface area contributed by atoms with E-state index >= 15 is 0 Å². The molecule has 5 N–H and O–H groups in total. The Hall–Kier alpha value is -1.03. The zero-order chi connectivity index (χ0) is 13.5. The quantitative estimate of drug-likeness (QED) is 0.342. The second kappa shape index (κ2) is 7.33. The second-order valence-electron chi connectivity index (χ2n) is 2.94. The minimum atomic E-state index is -4.00. The average molecular weight is 265 g/mol. The van der Waals surface area contributed by atoms with Crippen LogP contribution in [0.15, 0.2) is 35.2 Å². The van der Waals surface area contributed by atoms with E-state index in [1.807, 2.05) is 0 Å². The Kier molecular flexibility index (Phi) is 6.88. The van der Waals surface area contributed by atoms with Crippen LogP contribution >= 0.6 is 0 Å². The van der Waals surface area contributed by atoms with Gasteiger partial charge < -0.3 is 15.3 Å². The lowest BCUT2D eigenvalue weighted by Gasteiger charge is -2.09. The van der Waals surface area contributed by atoms with Gasteiger partial charge >= 0.3 is 0 Å². The van der Waals surface area contributed by atoms with Gasteiger partial charge in [0, 0.05) is 0 Å². The molecule has 0 fully saturated rings. The average Bonchev–Trinajstić information content (AvgIpc) is 2.28. The molecule has 0 heterocycles. The van der Waals surface area contributed by atoms with Gasteiger partial charge in [-0.3, -0.25) is 9.87 Å². The van der Waals surface area contributed by atoms with Crippen LogP contribution in [0.2, 0.25) is 0 Å². The van der Waals surface area contributed by atoms with Crippen molar-refractivity contribution in [2.24, 2.45) is 0 Å². The van der Waals surface area contributed by atoms with Crippen molar-refractivity contribution in [1.29, 1.82) is 0 Å². The molecule has 98 valence electrons. The molecule has 0 aliphatic rings. The van der Waals surface area contributed by atoms with Gasteiger partial charge in [-0.1, -0.05) is 18.2 Å². The van der Waals surface area contributed by atoms with Crippen LogP contribution in [0, 0.1) is 0 Å². The molecule has 0 aliphatic heterocycles. The summed E-state index contributed by atoms with van der Waals surface area (Å²) in [7, 11) is -2.58. The lowest BCUT2D eigenvalue weighted by atomic mass is 10.4. The van der Waals surface area contributed by atoms with Gasteiger partial charge in [0.05, 0.1) is 4.90 Å². The predicted octanol–water partition coefficient (Wildman–Crippen LogP) is -1.23. The Labute approximate surface area is 99.1 Å². The van der Waals surface area contributed by atoms with E-state index in [-0.39, 0.29) is 4.90 Å². The minimum Gasteiger partial charge on any atom is -0.373 e. The zero-order valence-electron chi connectivity index (χ0n) is 9.06. The minimum absolute atomic E-state index is 0.0741. The van der Waals surface area contributed by atoms with Gasteiger partial charge in [0.25, 0.3) is 10.1 Å². The van der Waals surface area contributed by atoms with Crippen LogP contribution in [0.5, 0.6) is 0 Å². The standard InChI is InChI=1S/C6H6O3S.C3H9NO3/c7-10(8,9)6-4-2-1-3-5-6;1-4-2(5)3(6)7/h1-5H,(H,7,8,9);2-7H,1H3. The molecule has 0 radical (unpaired) electrons. The van der Waals surface area contributed by atoms with E-state index in [0.29, 0.717) is 0 Å². The Bertz CT molecular complexity index is 405. The van der Waals surface area contributed by atoms with Crippen molar-refractivity contribution in [3.05, 3.63) is 30.3 Å². The van der Waals surface area contributed by atoms with Crippen LogP contribution in [0.3, 0.4) is 0 Å². The molecule has 0 aliphatic carbocycles. The molecule has 1 aromatic rings. The summed E-state index contributed by atoms with van der Waals surface area (Å²) >= 11 is 0. The number of benzene rings is 1. The van der Waals surface area contributed by atoms with Gasteiger partial charge in [-0.15, -0.1) is 0 Å². The van der Waals surface area contributed by atoms with Crippen LogP contribution in [-0.2, 0) is 10.1 Å². The SMILES string of the molecule is CNC(O)C(O)O.O=S(=O)(O)c1ccccc1. The van der Waals surface area contributed by atoms with Crippen molar-refractivity contribution < 1.29 is 28.3 Å². The Balaban J connectivity index is 0.000000325. The topological polar surface area (TPSA) is 127 Å². The fourth-order valence-electron chi connectivity index (χ4n) is 0.742. The van der Waals surface area contributed by atoms with Crippen molar-refractivity contribution in [2.75, 3.05) is 7.05 Å². The summed E-state index contributed by atoms with van der Waals surface area (Å²) in [5.41, 5.74) is 0. The van der Waals surface area contributed by atoms with Crippen molar-refractivity contribution in [2.45, 2.75) is 17.4 Å². The first-order valence-corrected chi connectivity index (χ1v) is 5.97. The zero-order valence-corrected chi connectivity index (χ0v) is 9.87. The smallest absolute Gasteiger partial charge is 0.294 e. The maximum atomic E-state index is 10.4. The van der Waals surface area contributed by atoms with Gasteiger partial charge in [-0.2, -0.15) is 8.42 Å². The maximum Gasteiger partial charge on any atom is 0.294 e. The van der Waals surface area contributed by atoms with Gasteiger partial charge in [-0.25, -0.2) is 0 Å². The number of aliphatic hydroxyl groups excluding tert-OH is 2. The molecule has 0 saturated heterocycles. The summed E-state index contributed by atoms with van der Waals surface area (Å²) in [6.07, 6.45) is -2.93. The highest BCUT2D eigenvalue weighted by molar-refractivity contribution is 7.85. The van der Waals surface area contributed by atoms with Crippen LogP contribution in [0.4, 0.5) is 0 Å². The third-order valence-corrected chi connectivity index (χ3v) is 2.49. The molecule has 0 saturated carbocycles. The number of aliphatic hydroxyl groups is 3. The molecule has 0 aromatic heterocycles. The van der Waals surface area contributed by atoms with E-state index in [4.69, 9.17) is 19.9 Å². The van der Waals surface area contributed by atoms with Gasteiger partial charge in [0.2, 0.25) is 0 Å². The fourth-order valence-corrected chi connectivity index (χ4v) is 1.24. The molecule has 0 spiro atoms. The molecular formula is C9H15NO6S. The number of rotatable bonds is 3. The van der Waals surface area contributed by atoms with E-state index in [1.165, 1.54) is 19.2 Å². The third kappa shape index (κ3) is 7.00. The van der Waals surface area contributed by atoms with Crippen LogP contribution in [-0.4, -0.2) is 47.9 Å². The molecule has 1 rings (SSSR count). The van der Waals surface area contributed by atoms with E-state index in [0.717, 1.165) is 0 Å². The summed E-state index contributed by atoms with van der Waals surface area (Å²) in [5, 5.41) is 26.7. The van der Waals surface area contributed by atoms with E-state index in [9.17, 15) is 8.42 Å². The molecule has 17 heavy (non-hydrogen) atoms. The van der Waals surface area contributed by atoms with Crippen molar-refractivity contribution in [1.82, 2.24) is 5.32 Å². The Morgan fingerprint density at radius 1 is 1.12 bits per heavy atom. The molecule has 1 aromatic carbocycles. The number of hydrogen-bond donors (Lipinski definition) is 5. The molecule has 8 heteroatoms. The number of hydrogen-bond acceptors (Lipinski definition) is 6. The summed E-state index contributed by atoms with van der Waals surface area (Å²) in [6, 6.07) is 7.42. The highest BCUT2D eigenvalue weighted by atomic mass is 32.2. The van der Waals surface area contributed by atoms with Gasteiger partial charge in [0.15, 0.2) is 12.5 Å². The number of nitrogens with one attached hydrogen (secondary N) is 1. The lowest BCUT2D eigenvalue weighted by molar-refractivity contribution is -0.130. The second-order valence-corrected chi connectivity index (χ2v) is 4.36. The largest absolute Gasteiger partial charge is 0.373 e. The molecule has 0 bridgehead atoms. The summed E-state index contributed by atoms with van der Waals surface area (Å²) in [6.45, 7) is 0. The van der Waals surface area contributed by atoms with Crippen LogP contribution in [0.1, 0.15) is 0 Å². The fraction of sp³-hybridized carbons (Fsp3) is 0.333. The normalized spacial score (nSPS) is 12.8. The first-order chi connectivity index (χ1) is 7.79. The van der Waals surface area contributed by atoms with Gasteiger partial charge in [-0.05, 0) is 19.2 Å². The highest BCUT2D eigenvalue weighted by Crippen LogP contribution is 2.05. The number of likely N-dealkylation sites (N-methyl/N-ethyl adjacent to an activating group) is 1. The third-order valence-electron chi connectivity index (χ3n) is 1.62. The van der Waals surface area contributed by atoms with Crippen molar-refractivity contribution in [3.8, 4) is 0 Å². The monoisotopic (exact) mass is 265 g/mol. The Morgan fingerprint density at radius 2 is 1.59 bits per heavy atom. The molecule has 1 unspecified atom stereocenters. The summed E-state index contributed by atoms with van der Waals surface area (Å²) < 4.78 is 29.2. The molecule has 7 nitrogen and oxygen atoms in total. The summed E-state index contributed by atoms with van der Waals surface area (Å²) in [4.78, 5) is -0.0741. The maximum absolute atomic E-state index is 10.4. The van der Waals surface area contributed by atoms with E-state index in [2.05, 4.69) is 5.32 Å². The Morgan fingerprint density at radius 3 is 1.76 bits per heavy atom. The van der Waals surface area contributed by atoms with Crippen LogP contribution < -0.4 is 5.32 Å². The molecule has 1 atom stereocenters. The summed E-state index contributed by atoms with van der Waals surface area (Å²) in [5.74, 6) is 0. The van der Waals surface area contributed by atoms with Gasteiger partial charge in [0.1, 0.15) is 0 Å². The van der Waals surface area contributed by atoms with Crippen molar-refractivity contribution in [3.63, 3.8) is 0 Å². The van der Waals surface area contributed by atoms with Crippen LogP contribution in [0.25, 0.3) is 0 Å². The first kappa shape index (κ1) is 16.0. The molecular weight excluding hydrogens is 250 g/mol. The van der Waals surface area contributed by atoms with E-state index in [1.54, 1.807) is 18.2 Å². The molecule has 0 amide bonds. The highest BCUT2D eigenvalue weighted by Gasteiger charge is 2.07. The van der Waals surface area contributed by atoms with E-state index < -0.39 is 22.6 Å². The first-order valence-electron chi connectivity index (χ1n) is 4.53.